The van der Waals surface area contributed by atoms with Gasteiger partial charge in [-0.1, -0.05) is 6.07 Å². The minimum Gasteiger partial charge on any atom is -0.353 e. The van der Waals surface area contributed by atoms with Gasteiger partial charge in [0.25, 0.3) is 0 Å². The van der Waals surface area contributed by atoms with Crippen LogP contribution in [-0.2, 0) is 0 Å². The highest BCUT2D eigenvalue weighted by Crippen LogP contribution is 2.21. The zero-order chi connectivity index (χ0) is 17.1. The van der Waals surface area contributed by atoms with Gasteiger partial charge in [0.05, 0.1) is 5.56 Å². The number of nitriles is 1. The summed E-state index contributed by atoms with van der Waals surface area (Å²) in [7, 11) is 0. The first-order valence-electron chi connectivity index (χ1n) is 8.15. The van der Waals surface area contributed by atoms with Crippen LogP contribution in [0.2, 0.25) is 0 Å². The molecule has 124 valence electrons. The summed E-state index contributed by atoms with van der Waals surface area (Å²) in [6.07, 6.45) is 7.11. The fourth-order valence-corrected chi connectivity index (χ4v) is 3.01. The molecule has 1 aliphatic rings. The van der Waals surface area contributed by atoms with Crippen LogP contribution in [0.5, 0.6) is 0 Å². The molecule has 25 heavy (non-hydrogen) atoms. The standard InChI is InChI=1S/C18H17N7/c19-13-15-3-2-6-21-18(15)24-11-9-23(10-12-24)16-4-1-5-17(22-16)25-8-7-20-14-25/h1-8,14H,9-12H2. The number of anilines is 2. The van der Waals surface area contributed by atoms with E-state index in [1.165, 1.54) is 0 Å². The number of imidazole rings is 1. The Morgan fingerprint density at radius 3 is 2.48 bits per heavy atom. The zero-order valence-corrected chi connectivity index (χ0v) is 13.7. The molecule has 1 fully saturated rings. The second kappa shape index (κ2) is 6.61. The third kappa shape index (κ3) is 3.02. The normalized spacial score (nSPS) is 14.4. The average molecular weight is 331 g/mol. The third-order valence-electron chi connectivity index (χ3n) is 4.30. The second-order valence-corrected chi connectivity index (χ2v) is 5.78. The Morgan fingerprint density at radius 2 is 1.72 bits per heavy atom. The number of aromatic nitrogens is 4. The van der Waals surface area contributed by atoms with Gasteiger partial charge in [-0.25, -0.2) is 15.0 Å². The molecule has 3 aromatic heterocycles. The van der Waals surface area contributed by atoms with E-state index in [1.807, 2.05) is 35.0 Å². The summed E-state index contributed by atoms with van der Waals surface area (Å²) in [5, 5.41) is 9.26. The maximum Gasteiger partial charge on any atom is 0.146 e. The fourth-order valence-electron chi connectivity index (χ4n) is 3.01. The molecule has 4 heterocycles. The zero-order valence-electron chi connectivity index (χ0n) is 13.7. The number of nitrogens with zero attached hydrogens (tertiary/aromatic N) is 7. The molecule has 0 radical (unpaired) electrons. The largest absolute Gasteiger partial charge is 0.353 e. The molecule has 0 bridgehead atoms. The van der Waals surface area contributed by atoms with Gasteiger partial charge < -0.3 is 9.80 Å². The Balaban J connectivity index is 1.49. The number of hydrogen-bond donors (Lipinski definition) is 0. The van der Waals surface area contributed by atoms with Gasteiger partial charge in [-0.2, -0.15) is 5.26 Å². The van der Waals surface area contributed by atoms with Crippen molar-refractivity contribution in [2.45, 2.75) is 0 Å². The molecule has 4 rings (SSSR count). The second-order valence-electron chi connectivity index (χ2n) is 5.78. The van der Waals surface area contributed by atoms with Gasteiger partial charge in [0.2, 0.25) is 0 Å². The molecule has 0 saturated carbocycles. The van der Waals surface area contributed by atoms with Crippen LogP contribution in [0.4, 0.5) is 11.6 Å². The maximum atomic E-state index is 9.26. The predicted molar refractivity (Wildman–Crippen MR) is 94.7 cm³/mol. The summed E-state index contributed by atoms with van der Waals surface area (Å²) in [6.45, 7) is 3.29. The van der Waals surface area contributed by atoms with Crippen LogP contribution in [0.25, 0.3) is 5.82 Å². The van der Waals surface area contributed by atoms with Gasteiger partial charge in [-0.05, 0) is 24.3 Å². The third-order valence-corrected chi connectivity index (χ3v) is 4.30. The first-order chi connectivity index (χ1) is 12.3. The lowest BCUT2D eigenvalue weighted by molar-refractivity contribution is 0.640. The molecular formula is C18H17N7. The summed E-state index contributed by atoms with van der Waals surface area (Å²) in [6, 6.07) is 11.8. The average Bonchev–Trinajstić information content (AvgIpc) is 3.23. The molecule has 0 aromatic carbocycles. The molecule has 0 atom stereocenters. The molecule has 1 aliphatic heterocycles. The van der Waals surface area contributed by atoms with Crippen LogP contribution >= 0.6 is 0 Å². The van der Waals surface area contributed by atoms with E-state index >= 15 is 0 Å². The van der Waals surface area contributed by atoms with Gasteiger partial charge in [0.15, 0.2) is 0 Å². The van der Waals surface area contributed by atoms with Crippen molar-refractivity contribution in [3.05, 3.63) is 60.8 Å². The monoisotopic (exact) mass is 331 g/mol. The first-order valence-corrected chi connectivity index (χ1v) is 8.15. The van der Waals surface area contributed by atoms with E-state index in [-0.39, 0.29) is 0 Å². The van der Waals surface area contributed by atoms with Crippen molar-refractivity contribution >= 4 is 11.6 Å². The molecular weight excluding hydrogens is 314 g/mol. The number of rotatable bonds is 3. The molecule has 0 amide bonds. The van der Waals surface area contributed by atoms with Crippen LogP contribution in [0.3, 0.4) is 0 Å². The Morgan fingerprint density at radius 1 is 0.920 bits per heavy atom. The lowest BCUT2D eigenvalue weighted by atomic mass is 10.2. The van der Waals surface area contributed by atoms with Crippen molar-refractivity contribution in [3.8, 4) is 11.9 Å². The van der Waals surface area contributed by atoms with Gasteiger partial charge in [0.1, 0.15) is 29.9 Å². The van der Waals surface area contributed by atoms with E-state index in [1.54, 1.807) is 24.8 Å². The van der Waals surface area contributed by atoms with E-state index in [2.05, 4.69) is 25.8 Å². The van der Waals surface area contributed by atoms with E-state index < -0.39 is 0 Å². The first kappa shape index (κ1) is 15.1. The maximum absolute atomic E-state index is 9.26. The molecule has 3 aromatic rings. The summed E-state index contributed by atoms with van der Waals surface area (Å²) < 4.78 is 1.90. The minimum absolute atomic E-state index is 0.621. The van der Waals surface area contributed by atoms with Crippen molar-refractivity contribution < 1.29 is 0 Å². The minimum atomic E-state index is 0.621. The topological polar surface area (TPSA) is 73.9 Å². The molecule has 1 saturated heterocycles. The smallest absolute Gasteiger partial charge is 0.146 e. The Kier molecular flexibility index (Phi) is 4.01. The highest BCUT2D eigenvalue weighted by molar-refractivity contribution is 5.55. The highest BCUT2D eigenvalue weighted by atomic mass is 15.3. The molecule has 0 unspecified atom stereocenters. The SMILES string of the molecule is N#Cc1cccnc1N1CCN(c2cccc(-n3ccnc3)n2)CC1. The number of hydrogen-bond acceptors (Lipinski definition) is 6. The summed E-state index contributed by atoms with van der Waals surface area (Å²) in [5.74, 6) is 2.58. The van der Waals surface area contributed by atoms with E-state index in [4.69, 9.17) is 4.98 Å². The molecule has 0 spiro atoms. The van der Waals surface area contributed by atoms with Crippen LogP contribution < -0.4 is 9.80 Å². The highest BCUT2D eigenvalue weighted by Gasteiger charge is 2.21. The van der Waals surface area contributed by atoms with Crippen molar-refractivity contribution in [2.75, 3.05) is 36.0 Å². The fraction of sp³-hybridized carbons (Fsp3) is 0.222. The van der Waals surface area contributed by atoms with Crippen molar-refractivity contribution in [3.63, 3.8) is 0 Å². The Hall–Kier alpha value is -3.40. The summed E-state index contributed by atoms with van der Waals surface area (Å²) in [4.78, 5) is 17.6. The van der Waals surface area contributed by atoms with Gasteiger partial charge in [-0.3, -0.25) is 4.57 Å². The van der Waals surface area contributed by atoms with E-state index in [9.17, 15) is 5.26 Å². The molecule has 0 aliphatic carbocycles. The van der Waals surface area contributed by atoms with Crippen LogP contribution in [0.1, 0.15) is 5.56 Å². The van der Waals surface area contributed by atoms with Crippen LogP contribution in [0, 0.1) is 11.3 Å². The van der Waals surface area contributed by atoms with Crippen molar-refractivity contribution in [1.82, 2.24) is 19.5 Å². The molecule has 7 heteroatoms. The van der Waals surface area contributed by atoms with Crippen molar-refractivity contribution in [1.29, 1.82) is 5.26 Å². The van der Waals surface area contributed by atoms with Crippen LogP contribution in [-0.4, -0.2) is 45.7 Å². The molecule has 0 N–H and O–H groups in total. The van der Waals surface area contributed by atoms with Crippen LogP contribution in [0.15, 0.2) is 55.2 Å². The number of piperazine rings is 1. The molecule has 7 nitrogen and oxygen atoms in total. The van der Waals surface area contributed by atoms with Gasteiger partial charge >= 0.3 is 0 Å². The predicted octanol–water partition coefficient (Wildman–Crippen LogP) is 1.86. The quantitative estimate of drug-likeness (QED) is 0.729. The summed E-state index contributed by atoms with van der Waals surface area (Å²) >= 11 is 0. The van der Waals surface area contributed by atoms with Crippen molar-refractivity contribution in [2.24, 2.45) is 0 Å². The van der Waals surface area contributed by atoms with E-state index in [0.29, 0.717) is 5.56 Å². The lowest BCUT2D eigenvalue weighted by Gasteiger charge is -2.36. The summed E-state index contributed by atoms with van der Waals surface area (Å²) in [5.41, 5.74) is 0.621. The lowest BCUT2D eigenvalue weighted by Crippen LogP contribution is -2.47. The number of pyridine rings is 2. The Bertz CT molecular complexity index is 890. The van der Waals surface area contributed by atoms with Gasteiger partial charge in [0, 0.05) is 44.8 Å². The Labute approximate surface area is 145 Å². The van der Waals surface area contributed by atoms with E-state index in [0.717, 1.165) is 43.6 Å². The van der Waals surface area contributed by atoms with Gasteiger partial charge in [-0.15, -0.1) is 0 Å².